The first-order valence-electron chi connectivity index (χ1n) is 5.80. The third-order valence-electron chi connectivity index (χ3n) is 2.74. The molecular weight excluding hydrogens is 246 g/mol. The maximum atomic E-state index is 13.9. The van der Waals surface area contributed by atoms with Crippen molar-refractivity contribution in [3.05, 3.63) is 65.7 Å². The minimum absolute atomic E-state index is 0.0445. The Balaban J connectivity index is 2.12. The molecular formula is C15H12F2N2. The van der Waals surface area contributed by atoms with Crippen molar-refractivity contribution >= 4 is 5.69 Å². The highest BCUT2D eigenvalue weighted by Gasteiger charge is 2.31. The van der Waals surface area contributed by atoms with E-state index >= 15 is 0 Å². The lowest BCUT2D eigenvalue weighted by atomic mass is 10.1. The van der Waals surface area contributed by atoms with E-state index in [4.69, 9.17) is 5.26 Å². The lowest BCUT2D eigenvalue weighted by molar-refractivity contribution is 0.0106. The minimum atomic E-state index is -2.98. The Kier molecular flexibility index (Phi) is 3.76. The number of anilines is 1. The number of rotatable bonds is 4. The Morgan fingerprint density at radius 3 is 2.32 bits per heavy atom. The number of halogens is 2. The van der Waals surface area contributed by atoms with E-state index in [0.29, 0.717) is 11.3 Å². The predicted octanol–water partition coefficient (Wildman–Crippen LogP) is 3.76. The van der Waals surface area contributed by atoms with Crippen molar-refractivity contribution in [1.29, 1.82) is 5.26 Å². The van der Waals surface area contributed by atoms with Crippen LogP contribution in [0, 0.1) is 11.3 Å². The summed E-state index contributed by atoms with van der Waals surface area (Å²) in [5.41, 5.74) is 0.726. The zero-order chi connectivity index (χ0) is 13.7. The van der Waals surface area contributed by atoms with Gasteiger partial charge in [-0.15, -0.1) is 0 Å². The van der Waals surface area contributed by atoms with Crippen LogP contribution in [0.4, 0.5) is 14.5 Å². The van der Waals surface area contributed by atoms with E-state index in [1.54, 1.807) is 42.5 Å². The molecule has 1 N–H and O–H groups in total. The Morgan fingerprint density at radius 1 is 1.00 bits per heavy atom. The summed E-state index contributed by atoms with van der Waals surface area (Å²) in [4.78, 5) is 0. The SMILES string of the molecule is N#Cc1ccccc1NCC(F)(F)c1ccccc1. The number of alkyl halides is 2. The lowest BCUT2D eigenvalue weighted by Gasteiger charge is -2.18. The van der Waals surface area contributed by atoms with Gasteiger partial charge in [-0.3, -0.25) is 0 Å². The molecule has 0 unspecified atom stereocenters. The summed E-state index contributed by atoms with van der Waals surface area (Å²) in [6.07, 6.45) is 0. The molecule has 0 radical (unpaired) electrons. The van der Waals surface area contributed by atoms with Crippen LogP contribution in [-0.4, -0.2) is 6.54 Å². The van der Waals surface area contributed by atoms with Crippen molar-refractivity contribution in [2.24, 2.45) is 0 Å². The summed E-state index contributed by atoms with van der Waals surface area (Å²) in [6.45, 7) is -0.546. The molecule has 0 heterocycles. The Bertz CT molecular complexity index is 589. The Morgan fingerprint density at radius 2 is 1.63 bits per heavy atom. The number of nitrogens with zero attached hydrogens (tertiary/aromatic N) is 1. The van der Waals surface area contributed by atoms with E-state index in [0.717, 1.165) is 0 Å². The van der Waals surface area contributed by atoms with Gasteiger partial charge in [-0.2, -0.15) is 14.0 Å². The van der Waals surface area contributed by atoms with E-state index in [-0.39, 0.29) is 5.56 Å². The van der Waals surface area contributed by atoms with Crippen LogP contribution in [0.3, 0.4) is 0 Å². The van der Waals surface area contributed by atoms with Gasteiger partial charge in [0, 0.05) is 5.56 Å². The molecule has 0 atom stereocenters. The summed E-state index contributed by atoms with van der Waals surface area (Å²) in [5, 5.41) is 11.5. The lowest BCUT2D eigenvalue weighted by Crippen LogP contribution is -2.24. The summed E-state index contributed by atoms with van der Waals surface area (Å²) < 4.78 is 27.9. The second-order valence-electron chi connectivity index (χ2n) is 4.08. The van der Waals surface area contributed by atoms with Gasteiger partial charge in [0.15, 0.2) is 0 Å². The van der Waals surface area contributed by atoms with Crippen molar-refractivity contribution in [2.75, 3.05) is 11.9 Å². The molecule has 2 aromatic rings. The van der Waals surface area contributed by atoms with Gasteiger partial charge >= 0.3 is 0 Å². The number of benzene rings is 2. The molecule has 4 heteroatoms. The van der Waals surface area contributed by atoms with Crippen LogP contribution in [0.25, 0.3) is 0 Å². The molecule has 0 aliphatic heterocycles. The van der Waals surface area contributed by atoms with Crippen molar-refractivity contribution in [1.82, 2.24) is 0 Å². The van der Waals surface area contributed by atoms with Gasteiger partial charge < -0.3 is 5.32 Å². The van der Waals surface area contributed by atoms with E-state index in [1.165, 1.54) is 12.1 Å². The molecule has 2 aromatic carbocycles. The quantitative estimate of drug-likeness (QED) is 0.906. The van der Waals surface area contributed by atoms with Crippen molar-refractivity contribution in [3.63, 3.8) is 0 Å². The molecule has 2 nitrogen and oxygen atoms in total. The first kappa shape index (κ1) is 13.0. The van der Waals surface area contributed by atoms with Crippen LogP contribution in [0.2, 0.25) is 0 Å². The van der Waals surface area contributed by atoms with E-state index in [1.807, 2.05) is 6.07 Å². The number of hydrogen-bond donors (Lipinski definition) is 1. The average molecular weight is 258 g/mol. The van der Waals surface area contributed by atoms with Crippen LogP contribution in [0.5, 0.6) is 0 Å². The molecule has 0 bridgehead atoms. The van der Waals surface area contributed by atoms with E-state index in [9.17, 15) is 8.78 Å². The smallest absolute Gasteiger partial charge is 0.290 e. The number of nitrogens with one attached hydrogen (secondary N) is 1. The zero-order valence-electron chi connectivity index (χ0n) is 10.1. The first-order chi connectivity index (χ1) is 9.13. The fourth-order valence-corrected chi connectivity index (χ4v) is 1.73. The van der Waals surface area contributed by atoms with E-state index < -0.39 is 12.5 Å². The third kappa shape index (κ3) is 3.08. The molecule has 0 aromatic heterocycles. The summed E-state index contributed by atoms with van der Waals surface area (Å²) in [5.74, 6) is -2.98. The maximum absolute atomic E-state index is 13.9. The largest absolute Gasteiger partial charge is 0.378 e. The van der Waals surface area contributed by atoms with Gasteiger partial charge in [-0.05, 0) is 12.1 Å². The average Bonchev–Trinajstić information content (AvgIpc) is 2.46. The van der Waals surface area contributed by atoms with Crippen LogP contribution in [-0.2, 0) is 5.92 Å². The van der Waals surface area contributed by atoms with Crippen molar-refractivity contribution in [2.45, 2.75) is 5.92 Å². The summed E-state index contributed by atoms with van der Waals surface area (Å²) in [7, 11) is 0. The molecule has 0 fully saturated rings. The van der Waals surface area contributed by atoms with Gasteiger partial charge in [-0.1, -0.05) is 42.5 Å². The van der Waals surface area contributed by atoms with E-state index in [2.05, 4.69) is 5.32 Å². The van der Waals surface area contributed by atoms with Crippen LogP contribution >= 0.6 is 0 Å². The van der Waals surface area contributed by atoms with Gasteiger partial charge in [0.1, 0.15) is 6.07 Å². The molecule has 19 heavy (non-hydrogen) atoms. The molecule has 0 amide bonds. The highest BCUT2D eigenvalue weighted by Crippen LogP contribution is 2.28. The second-order valence-corrected chi connectivity index (χ2v) is 4.08. The Hall–Kier alpha value is -2.41. The third-order valence-corrected chi connectivity index (χ3v) is 2.74. The molecule has 0 aliphatic carbocycles. The molecule has 2 rings (SSSR count). The molecule has 0 spiro atoms. The minimum Gasteiger partial charge on any atom is -0.378 e. The van der Waals surface area contributed by atoms with Gasteiger partial charge in [0.05, 0.1) is 17.8 Å². The number of para-hydroxylation sites is 1. The number of nitriles is 1. The number of hydrogen-bond acceptors (Lipinski definition) is 2. The topological polar surface area (TPSA) is 35.8 Å². The van der Waals surface area contributed by atoms with Crippen LogP contribution in [0.15, 0.2) is 54.6 Å². The maximum Gasteiger partial charge on any atom is 0.290 e. The molecule has 0 saturated heterocycles. The normalized spacial score (nSPS) is 10.8. The van der Waals surface area contributed by atoms with Crippen molar-refractivity contribution in [3.8, 4) is 6.07 Å². The predicted molar refractivity (Wildman–Crippen MR) is 70.0 cm³/mol. The monoisotopic (exact) mass is 258 g/mol. The summed E-state index contributed by atoms with van der Waals surface area (Å²) in [6, 6.07) is 16.2. The zero-order valence-corrected chi connectivity index (χ0v) is 10.1. The van der Waals surface area contributed by atoms with Gasteiger partial charge in [0.25, 0.3) is 5.92 Å². The fourth-order valence-electron chi connectivity index (χ4n) is 1.73. The highest BCUT2D eigenvalue weighted by molar-refractivity contribution is 5.57. The standard InChI is InChI=1S/C15H12F2N2/c16-15(17,13-7-2-1-3-8-13)11-19-14-9-5-4-6-12(14)10-18/h1-9,19H,11H2. The van der Waals surface area contributed by atoms with Gasteiger partial charge in [0.2, 0.25) is 0 Å². The first-order valence-corrected chi connectivity index (χ1v) is 5.80. The Labute approximate surface area is 110 Å². The second kappa shape index (κ2) is 5.49. The highest BCUT2D eigenvalue weighted by atomic mass is 19.3. The van der Waals surface area contributed by atoms with Crippen LogP contribution in [0.1, 0.15) is 11.1 Å². The molecule has 96 valence electrons. The molecule has 0 saturated carbocycles. The fraction of sp³-hybridized carbons (Fsp3) is 0.133. The molecule has 0 aliphatic rings. The summed E-state index contributed by atoms with van der Waals surface area (Å²) >= 11 is 0. The van der Waals surface area contributed by atoms with Crippen molar-refractivity contribution < 1.29 is 8.78 Å². The van der Waals surface area contributed by atoms with Gasteiger partial charge in [-0.25, -0.2) is 0 Å². The van der Waals surface area contributed by atoms with Crippen LogP contribution < -0.4 is 5.32 Å².